The van der Waals surface area contributed by atoms with Crippen LogP contribution in [0.4, 0.5) is 11.4 Å². The van der Waals surface area contributed by atoms with E-state index in [4.69, 9.17) is 0 Å². The zero-order chi connectivity index (χ0) is 19.2. The summed E-state index contributed by atoms with van der Waals surface area (Å²) in [6, 6.07) is 16.3. The minimum Gasteiger partial charge on any atom is -0.371 e. The molecule has 0 aliphatic carbocycles. The number of para-hydroxylation sites is 2. The molecule has 0 spiro atoms. The van der Waals surface area contributed by atoms with Gasteiger partial charge in [-0.05, 0) is 63.4 Å². The minimum atomic E-state index is -0.209. The quantitative estimate of drug-likeness (QED) is 0.822. The molecule has 0 aromatic heterocycles. The van der Waals surface area contributed by atoms with Gasteiger partial charge in [-0.1, -0.05) is 36.4 Å². The van der Waals surface area contributed by atoms with Crippen molar-refractivity contribution in [2.75, 3.05) is 30.4 Å². The standard InChI is InChI=1S/C23H31N3O/c1-18-11-5-7-13-21(18)24-23(27)19(2)25(3)17-20-12-6-8-14-22(20)26-15-9-4-10-16-26/h5-8,11-14,19H,4,9-10,15-17H2,1-3H3,(H,24,27)/t19-/m0/s1. The number of carbonyl (C=O) groups excluding carboxylic acids is 1. The lowest BCUT2D eigenvalue weighted by molar-refractivity contribution is -0.120. The lowest BCUT2D eigenvalue weighted by Crippen LogP contribution is -2.39. The fourth-order valence-corrected chi connectivity index (χ4v) is 3.64. The van der Waals surface area contributed by atoms with Gasteiger partial charge in [-0.2, -0.15) is 0 Å². The van der Waals surface area contributed by atoms with Crippen molar-refractivity contribution < 1.29 is 4.79 Å². The second-order valence-corrected chi connectivity index (χ2v) is 7.57. The Bertz CT molecular complexity index is 768. The summed E-state index contributed by atoms with van der Waals surface area (Å²) in [5.41, 5.74) is 4.57. The van der Waals surface area contributed by atoms with E-state index in [1.165, 1.54) is 30.5 Å². The van der Waals surface area contributed by atoms with E-state index in [2.05, 4.69) is 39.4 Å². The Morgan fingerprint density at radius 1 is 1.07 bits per heavy atom. The minimum absolute atomic E-state index is 0.0299. The average molecular weight is 366 g/mol. The molecule has 1 amide bonds. The third-order valence-electron chi connectivity index (χ3n) is 5.55. The number of rotatable bonds is 6. The van der Waals surface area contributed by atoms with Gasteiger partial charge in [0.05, 0.1) is 6.04 Å². The van der Waals surface area contributed by atoms with Gasteiger partial charge in [-0.3, -0.25) is 9.69 Å². The molecule has 1 atom stereocenters. The second-order valence-electron chi connectivity index (χ2n) is 7.57. The molecule has 2 aromatic carbocycles. The lowest BCUT2D eigenvalue weighted by atomic mass is 10.1. The topological polar surface area (TPSA) is 35.6 Å². The van der Waals surface area contributed by atoms with E-state index in [1.807, 2.05) is 45.2 Å². The molecule has 1 aliphatic rings. The van der Waals surface area contributed by atoms with Gasteiger partial charge in [0, 0.05) is 31.0 Å². The Morgan fingerprint density at radius 3 is 2.48 bits per heavy atom. The number of nitrogens with zero attached hydrogens (tertiary/aromatic N) is 2. The molecule has 1 heterocycles. The van der Waals surface area contributed by atoms with Crippen LogP contribution in [0.5, 0.6) is 0 Å². The summed E-state index contributed by atoms with van der Waals surface area (Å²) in [5, 5.41) is 3.06. The van der Waals surface area contributed by atoms with E-state index >= 15 is 0 Å². The van der Waals surface area contributed by atoms with Crippen molar-refractivity contribution in [1.82, 2.24) is 4.90 Å². The number of hydrogen-bond donors (Lipinski definition) is 1. The van der Waals surface area contributed by atoms with Gasteiger partial charge in [0.1, 0.15) is 0 Å². The number of benzene rings is 2. The van der Waals surface area contributed by atoms with Gasteiger partial charge in [-0.25, -0.2) is 0 Å². The molecule has 27 heavy (non-hydrogen) atoms. The molecule has 1 aliphatic heterocycles. The molecule has 3 rings (SSSR count). The molecule has 4 nitrogen and oxygen atoms in total. The normalized spacial score (nSPS) is 15.6. The molecule has 1 N–H and O–H groups in total. The van der Waals surface area contributed by atoms with Gasteiger partial charge < -0.3 is 10.2 Å². The van der Waals surface area contributed by atoms with Crippen molar-refractivity contribution in [1.29, 1.82) is 0 Å². The van der Waals surface area contributed by atoms with E-state index in [0.717, 1.165) is 30.9 Å². The highest BCUT2D eigenvalue weighted by atomic mass is 16.2. The molecule has 4 heteroatoms. The van der Waals surface area contributed by atoms with Crippen molar-refractivity contribution in [3.05, 3.63) is 59.7 Å². The average Bonchev–Trinajstić information content (AvgIpc) is 2.70. The Kier molecular flexibility index (Phi) is 6.51. The van der Waals surface area contributed by atoms with Crippen LogP contribution in [0.2, 0.25) is 0 Å². The molecular weight excluding hydrogens is 334 g/mol. The van der Waals surface area contributed by atoms with Crippen molar-refractivity contribution in [3.63, 3.8) is 0 Å². The summed E-state index contributed by atoms with van der Waals surface area (Å²) >= 11 is 0. The first-order chi connectivity index (χ1) is 13.1. The van der Waals surface area contributed by atoms with Crippen LogP contribution >= 0.6 is 0 Å². The SMILES string of the molecule is Cc1ccccc1NC(=O)[C@H](C)N(C)Cc1ccccc1N1CCCCC1. The van der Waals surface area contributed by atoms with Crippen LogP contribution in [-0.4, -0.2) is 37.0 Å². The highest BCUT2D eigenvalue weighted by Gasteiger charge is 2.21. The zero-order valence-electron chi connectivity index (χ0n) is 16.7. The van der Waals surface area contributed by atoms with Gasteiger partial charge in [0.2, 0.25) is 5.91 Å². The monoisotopic (exact) mass is 365 g/mol. The maximum absolute atomic E-state index is 12.7. The highest BCUT2D eigenvalue weighted by Crippen LogP contribution is 2.25. The Hall–Kier alpha value is -2.33. The van der Waals surface area contributed by atoms with Crippen LogP contribution in [0, 0.1) is 6.92 Å². The van der Waals surface area contributed by atoms with E-state index in [1.54, 1.807) is 0 Å². The molecule has 0 saturated carbocycles. The van der Waals surface area contributed by atoms with Crippen LogP contribution in [0.3, 0.4) is 0 Å². The van der Waals surface area contributed by atoms with Gasteiger partial charge in [-0.15, -0.1) is 0 Å². The van der Waals surface area contributed by atoms with Crippen LogP contribution in [0.25, 0.3) is 0 Å². The third-order valence-corrected chi connectivity index (χ3v) is 5.55. The smallest absolute Gasteiger partial charge is 0.241 e. The summed E-state index contributed by atoms with van der Waals surface area (Å²) in [6.07, 6.45) is 3.85. The van der Waals surface area contributed by atoms with E-state index in [-0.39, 0.29) is 11.9 Å². The maximum atomic E-state index is 12.7. The Labute approximate surface area is 163 Å². The molecule has 2 aromatic rings. The van der Waals surface area contributed by atoms with Crippen LogP contribution in [0.1, 0.15) is 37.3 Å². The number of likely N-dealkylation sites (N-methyl/N-ethyl adjacent to an activating group) is 1. The zero-order valence-corrected chi connectivity index (χ0v) is 16.7. The molecule has 1 saturated heterocycles. The number of aryl methyl sites for hydroxylation is 1. The fourth-order valence-electron chi connectivity index (χ4n) is 3.64. The molecule has 0 radical (unpaired) electrons. The second kappa shape index (κ2) is 9.05. The van der Waals surface area contributed by atoms with Crippen molar-refractivity contribution in [3.8, 4) is 0 Å². The summed E-state index contributed by atoms with van der Waals surface area (Å²) in [4.78, 5) is 17.3. The molecule has 1 fully saturated rings. The number of piperidine rings is 1. The molecule has 144 valence electrons. The van der Waals surface area contributed by atoms with Gasteiger partial charge in [0.25, 0.3) is 0 Å². The molecule has 0 unspecified atom stereocenters. The first-order valence-electron chi connectivity index (χ1n) is 9.96. The highest BCUT2D eigenvalue weighted by molar-refractivity contribution is 5.95. The lowest BCUT2D eigenvalue weighted by Gasteiger charge is -2.32. The van der Waals surface area contributed by atoms with E-state index in [9.17, 15) is 4.79 Å². The van der Waals surface area contributed by atoms with Crippen LogP contribution < -0.4 is 10.2 Å². The third kappa shape index (κ3) is 4.89. The summed E-state index contributed by atoms with van der Waals surface area (Å²) in [6.45, 7) is 7.00. The number of anilines is 2. The summed E-state index contributed by atoms with van der Waals surface area (Å²) < 4.78 is 0. The fraction of sp³-hybridized carbons (Fsp3) is 0.435. The predicted octanol–water partition coefficient (Wildman–Crippen LogP) is 4.44. The Balaban J connectivity index is 1.67. The van der Waals surface area contributed by atoms with Crippen molar-refractivity contribution in [2.24, 2.45) is 0 Å². The van der Waals surface area contributed by atoms with Gasteiger partial charge >= 0.3 is 0 Å². The summed E-state index contributed by atoms with van der Waals surface area (Å²) in [7, 11) is 2.02. The van der Waals surface area contributed by atoms with Crippen LogP contribution in [0.15, 0.2) is 48.5 Å². The number of carbonyl (C=O) groups is 1. The number of hydrogen-bond acceptors (Lipinski definition) is 3. The summed E-state index contributed by atoms with van der Waals surface area (Å²) in [5.74, 6) is 0.0299. The van der Waals surface area contributed by atoms with Crippen molar-refractivity contribution >= 4 is 17.3 Å². The van der Waals surface area contributed by atoms with Crippen molar-refractivity contribution in [2.45, 2.75) is 45.7 Å². The number of amides is 1. The van der Waals surface area contributed by atoms with E-state index < -0.39 is 0 Å². The van der Waals surface area contributed by atoms with E-state index in [0.29, 0.717) is 0 Å². The van der Waals surface area contributed by atoms with Crippen LogP contribution in [-0.2, 0) is 11.3 Å². The molecular formula is C23H31N3O. The van der Waals surface area contributed by atoms with Gasteiger partial charge in [0.15, 0.2) is 0 Å². The Morgan fingerprint density at radius 2 is 1.74 bits per heavy atom. The molecule has 0 bridgehead atoms. The predicted molar refractivity (Wildman–Crippen MR) is 113 cm³/mol. The first kappa shape index (κ1) is 19.4. The first-order valence-corrected chi connectivity index (χ1v) is 9.96. The largest absolute Gasteiger partial charge is 0.371 e. The number of nitrogens with one attached hydrogen (secondary N) is 1. The maximum Gasteiger partial charge on any atom is 0.241 e.